The molecule has 0 spiro atoms. The highest BCUT2D eigenvalue weighted by atomic mass is 19.1. The molecule has 156 valence electrons. The van der Waals surface area contributed by atoms with Gasteiger partial charge in [-0.1, -0.05) is 0 Å². The van der Waals surface area contributed by atoms with Gasteiger partial charge < -0.3 is 14.2 Å². The molecule has 30 heavy (non-hydrogen) atoms. The van der Waals surface area contributed by atoms with E-state index < -0.39 is 5.82 Å². The first-order valence-electron chi connectivity index (χ1n) is 10.2. The van der Waals surface area contributed by atoms with Gasteiger partial charge in [0.25, 0.3) is 5.91 Å². The Morgan fingerprint density at radius 3 is 2.83 bits per heavy atom. The Labute approximate surface area is 174 Å². The van der Waals surface area contributed by atoms with Crippen LogP contribution >= 0.6 is 0 Å². The third-order valence-corrected chi connectivity index (χ3v) is 5.54. The van der Waals surface area contributed by atoms with E-state index in [1.165, 1.54) is 12.1 Å². The normalized spacial score (nSPS) is 16.6. The predicted octanol–water partition coefficient (Wildman–Crippen LogP) is 3.79. The molecule has 1 saturated heterocycles. The van der Waals surface area contributed by atoms with Gasteiger partial charge >= 0.3 is 5.97 Å². The highest BCUT2D eigenvalue weighted by Crippen LogP contribution is 2.28. The number of hydrogen-bond donors (Lipinski definition) is 0. The number of aromatic nitrogens is 2. The molecule has 0 radical (unpaired) electrons. The summed E-state index contributed by atoms with van der Waals surface area (Å²) >= 11 is 0. The summed E-state index contributed by atoms with van der Waals surface area (Å²) in [6.07, 6.45) is 3.32. The maximum atomic E-state index is 14.0. The van der Waals surface area contributed by atoms with E-state index >= 15 is 0 Å². The summed E-state index contributed by atoms with van der Waals surface area (Å²) in [7, 11) is 1.90. The van der Waals surface area contributed by atoms with Crippen molar-refractivity contribution in [2.24, 2.45) is 13.0 Å². The van der Waals surface area contributed by atoms with Crippen molar-refractivity contribution in [1.29, 1.82) is 0 Å². The summed E-state index contributed by atoms with van der Waals surface area (Å²) in [6, 6.07) is 9.82. The standard InChI is InChI=1S/C23H24FN3O3/c1-3-30-23(29)15-6-4-11-27(14-15)22(28)18-13-20(21-7-5-10-26(21)2)25-19-9-8-16(24)12-17(18)19/h5,7-10,12-13,15H,3-4,6,11,14H2,1-2H3. The van der Waals surface area contributed by atoms with Crippen LogP contribution in [0.1, 0.15) is 30.1 Å². The SMILES string of the molecule is CCOC(=O)C1CCCN(C(=O)c2cc(-c3cccn3C)nc3ccc(F)cc23)C1. The van der Waals surface area contributed by atoms with Gasteiger partial charge in [0.15, 0.2) is 0 Å². The Morgan fingerprint density at radius 1 is 1.27 bits per heavy atom. The minimum absolute atomic E-state index is 0.225. The Bertz CT molecular complexity index is 1110. The lowest BCUT2D eigenvalue weighted by molar-refractivity contribution is -0.149. The number of benzene rings is 1. The van der Waals surface area contributed by atoms with Crippen molar-refractivity contribution in [2.45, 2.75) is 19.8 Å². The number of rotatable bonds is 4. The topological polar surface area (TPSA) is 64.4 Å². The molecule has 1 aliphatic heterocycles. The zero-order valence-electron chi connectivity index (χ0n) is 17.1. The van der Waals surface area contributed by atoms with Gasteiger partial charge in [-0.15, -0.1) is 0 Å². The first-order valence-corrected chi connectivity index (χ1v) is 10.2. The number of ether oxygens (including phenoxy) is 1. The van der Waals surface area contributed by atoms with Crippen molar-refractivity contribution >= 4 is 22.8 Å². The van der Waals surface area contributed by atoms with E-state index in [-0.39, 0.29) is 17.8 Å². The second-order valence-electron chi connectivity index (χ2n) is 7.56. The van der Waals surface area contributed by atoms with Crippen LogP contribution in [0.25, 0.3) is 22.3 Å². The number of carbonyl (C=O) groups excluding carboxylic acids is 2. The number of fused-ring (bicyclic) bond motifs is 1. The molecule has 1 atom stereocenters. The zero-order chi connectivity index (χ0) is 21.3. The number of hydrogen-bond acceptors (Lipinski definition) is 4. The third kappa shape index (κ3) is 3.79. The van der Waals surface area contributed by atoms with Crippen LogP contribution in [-0.4, -0.2) is 46.0 Å². The zero-order valence-corrected chi connectivity index (χ0v) is 17.1. The van der Waals surface area contributed by atoms with Crippen LogP contribution < -0.4 is 0 Å². The molecule has 0 bridgehead atoms. The van der Waals surface area contributed by atoms with Crippen LogP contribution in [0, 0.1) is 11.7 Å². The van der Waals surface area contributed by atoms with E-state index in [1.54, 1.807) is 24.0 Å². The quantitative estimate of drug-likeness (QED) is 0.615. The molecule has 0 aliphatic carbocycles. The fourth-order valence-corrected chi connectivity index (χ4v) is 4.02. The predicted molar refractivity (Wildman–Crippen MR) is 111 cm³/mol. The Morgan fingerprint density at radius 2 is 2.10 bits per heavy atom. The average Bonchev–Trinajstić information content (AvgIpc) is 3.18. The maximum absolute atomic E-state index is 14.0. The average molecular weight is 409 g/mol. The fraction of sp³-hybridized carbons (Fsp3) is 0.348. The molecular weight excluding hydrogens is 385 g/mol. The molecule has 3 heterocycles. The van der Waals surface area contributed by atoms with Crippen LogP contribution in [0.5, 0.6) is 0 Å². The largest absolute Gasteiger partial charge is 0.466 e. The number of esters is 1. The van der Waals surface area contributed by atoms with Gasteiger partial charge in [0, 0.05) is 31.7 Å². The molecule has 1 aromatic carbocycles. The number of amides is 1. The van der Waals surface area contributed by atoms with Crippen molar-refractivity contribution in [1.82, 2.24) is 14.5 Å². The number of aryl methyl sites for hydroxylation is 1. The monoisotopic (exact) mass is 409 g/mol. The minimum atomic E-state index is -0.423. The van der Waals surface area contributed by atoms with Gasteiger partial charge in [-0.25, -0.2) is 9.37 Å². The fourth-order valence-electron chi connectivity index (χ4n) is 4.02. The number of likely N-dealkylation sites (tertiary alicyclic amines) is 1. The van der Waals surface area contributed by atoms with Gasteiger partial charge in [-0.05, 0) is 56.2 Å². The summed E-state index contributed by atoms with van der Waals surface area (Å²) in [5.41, 5.74) is 2.44. The highest BCUT2D eigenvalue weighted by Gasteiger charge is 2.31. The van der Waals surface area contributed by atoms with Crippen LogP contribution in [0.2, 0.25) is 0 Å². The number of piperidine rings is 1. The van der Waals surface area contributed by atoms with Crippen LogP contribution in [0.3, 0.4) is 0 Å². The molecule has 7 heteroatoms. The minimum Gasteiger partial charge on any atom is -0.466 e. The molecule has 1 aliphatic rings. The highest BCUT2D eigenvalue weighted by molar-refractivity contribution is 6.07. The molecular formula is C23H24FN3O3. The van der Waals surface area contributed by atoms with Gasteiger partial charge in [0.1, 0.15) is 5.82 Å². The first-order chi connectivity index (χ1) is 14.5. The summed E-state index contributed by atoms with van der Waals surface area (Å²) in [4.78, 5) is 32.0. The lowest BCUT2D eigenvalue weighted by Crippen LogP contribution is -2.42. The van der Waals surface area contributed by atoms with Crippen LogP contribution in [0.4, 0.5) is 4.39 Å². The van der Waals surface area contributed by atoms with Crippen molar-refractivity contribution in [3.8, 4) is 11.4 Å². The van der Waals surface area contributed by atoms with Crippen LogP contribution in [0.15, 0.2) is 42.6 Å². The molecule has 2 aromatic heterocycles. The van der Waals surface area contributed by atoms with E-state index in [1.807, 2.05) is 29.9 Å². The van der Waals surface area contributed by atoms with Crippen molar-refractivity contribution in [2.75, 3.05) is 19.7 Å². The number of nitrogens with zero attached hydrogens (tertiary/aromatic N) is 3. The molecule has 0 N–H and O–H groups in total. The smallest absolute Gasteiger partial charge is 0.310 e. The molecule has 3 aromatic rings. The maximum Gasteiger partial charge on any atom is 0.310 e. The molecule has 1 unspecified atom stereocenters. The Balaban J connectivity index is 1.75. The summed E-state index contributed by atoms with van der Waals surface area (Å²) in [5, 5.41) is 0.469. The Kier molecular flexibility index (Phi) is 5.53. The summed E-state index contributed by atoms with van der Waals surface area (Å²) in [5.74, 6) is -1.25. The van der Waals surface area contributed by atoms with Gasteiger partial charge in [-0.2, -0.15) is 0 Å². The third-order valence-electron chi connectivity index (χ3n) is 5.54. The van der Waals surface area contributed by atoms with E-state index in [0.29, 0.717) is 48.3 Å². The Hall–Kier alpha value is -3.22. The molecule has 1 fully saturated rings. The van der Waals surface area contributed by atoms with Crippen molar-refractivity contribution in [3.63, 3.8) is 0 Å². The van der Waals surface area contributed by atoms with E-state index in [9.17, 15) is 14.0 Å². The number of halogens is 1. The van der Waals surface area contributed by atoms with Crippen molar-refractivity contribution < 1.29 is 18.7 Å². The lowest BCUT2D eigenvalue weighted by atomic mass is 9.96. The van der Waals surface area contributed by atoms with Crippen LogP contribution in [-0.2, 0) is 16.6 Å². The summed E-state index contributed by atoms with van der Waals surface area (Å²) < 4.78 is 21.1. The number of pyridine rings is 1. The summed E-state index contributed by atoms with van der Waals surface area (Å²) in [6.45, 7) is 2.94. The molecule has 4 rings (SSSR count). The van der Waals surface area contributed by atoms with E-state index in [0.717, 1.165) is 12.1 Å². The molecule has 6 nitrogen and oxygen atoms in total. The second-order valence-corrected chi connectivity index (χ2v) is 7.56. The van der Waals surface area contributed by atoms with E-state index in [2.05, 4.69) is 4.98 Å². The lowest BCUT2D eigenvalue weighted by Gasteiger charge is -2.32. The van der Waals surface area contributed by atoms with Gasteiger partial charge in [-0.3, -0.25) is 9.59 Å². The number of carbonyl (C=O) groups is 2. The van der Waals surface area contributed by atoms with Gasteiger partial charge in [0.05, 0.1) is 35.0 Å². The van der Waals surface area contributed by atoms with E-state index in [4.69, 9.17) is 4.74 Å². The van der Waals surface area contributed by atoms with Crippen molar-refractivity contribution in [3.05, 3.63) is 54.0 Å². The molecule has 1 amide bonds. The molecule has 0 saturated carbocycles. The second kappa shape index (κ2) is 8.26. The first kappa shape index (κ1) is 20.1. The van der Waals surface area contributed by atoms with Gasteiger partial charge in [0.2, 0.25) is 0 Å².